The number of hydrogen-bond acceptors (Lipinski definition) is 3. The number of nitro benzene ring substituents is 1. The predicted octanol–water partition coefficient (Wildman–Crippen LogP) is 3.74. The van der Waals surface area contributed by atoms with Crippen LogP contribution in [0.3, 0.4) is 0 Å². The number of amides is 1. The average molecular weight is 305 g/mol. The molecule has 0 aliphatic carbocycles. The lowest BCUT2D eigenvalue weighted by Crippen LogP contribution is -2.26. The number of hydrogen-bond donors (Lipinski definition) is 1. The van der Waals surface area contributed by atoms with Crippen LogP contribution in [0.15, 0.2) is 48.5 Å². The number of nitrogens with zero attached hydrogens (tertiary/aromatic N) is 1. The largest absolute Gasteiger partial charge is 0.346 e. The topological polar surface area (TPSA) is 72.2 Å². The Hall–Kier alpha value is -2.40. The molecule has 1 unspecified atom stereocenters. The number of carbonyl (C=O) groups excluding carboxylic acids is 1. The summed E-state index contributed by atoms with van der Waals surface area (Å²) in [5, 5.41) is 14.0. The predicted molar refractivity (Wildman–Crippen MR) is 80.4 cm³/mol. The summed E-state index contributed by atoms with van der Waals surface area (Å²) in [5.41, 5.74) is 1.26. The van der Waals surface area contributed by atoms with Gasteiger partial charge in [-0.05, 0) is 36.8 Å². The SMILES string of the molecule is CC(NC(=O)c1ccc([N+](=O)[O-])cc1)c1ccc(Cl)cc1. The summed E-state index contributed by atoms with van der Waals surface area (Å²) in [4.78, 5) is 22.1. The maximum atomic E-state index is 12.1. The van der Waals surface area contributed by atoms with E-state index in [1.54, 1.807) is 12.1 Å². The number of halogens is 1. The zero-order valence-corrected chi connectivity index (χ0v) is 12.0. The van der Waals surface area contributed by atoms with Gasteiger partial charge in [-0.1, -0.05) is 23.7 Å². The molecule has 6 heteroatoms. The van der Waals surface area contributed by atoms with Crippen molar-refractivity contribution in [1.29, 1.82) is 0 Å². The van der Waals surface area contributed by atoms with E-state index < -0.39 is 4.92 Å². The Morgan fingerprint density at radius 3 is 2.24 bits per heavy atom. The summed E-state index contributed by atoms with van der Waals surface area (Å²) in [6, 6.07) is 12.5. The fourth-order valence-corrected chi connectivity index (χ4v) is 1.98. The van der Waals surface area contributed by atoms with Gasteiger partial charge in [-0.3, -0.25) is 14.9 Å². The van der Waals surface area contributed by atoms with E-state index >= 15 is 0 Å². The molecule has 0 heterocycles. The van der Waals surface area contributed by atoms with Crippen molar-refractivity contribution < 1.29 is 9.72 Å². The van der Waals surface area contributed by atoms with Gasteiger partial charge in [0.15, 0.2) is 0 Å². The van der Waals surface area contributed by atoms with Crippen molar-refractivity contribution >= 4 is 23.2 Å². The fraction of sp³-hybridized carbons (Fsp3) is 0.133. The van der Waals surface area contributed by atoms with Crippen molar-refractivity contribution in [1.82, 2.24) is 5.32 Å². The second kappa shape index (κ2) is 6.37. The summed E-state index contributed by atoms with van der Waals surface area (Å²) >= 11 is 5.82. The molecule has 0 fully saturated rings. The third-order valence-electron chi connectivity index (χ3n) is 3.06. The molecule has 2 aromatic carbocycles. The summed E-state index contributed by atoms with van der Waals surface area (Å²) < 4.78 is 0. The van der Waals surface area contributed by atoms with Crippen LogP contribution in [0.1, 0.15) is 28.9 Å². The smallest absolute Gasteiger partial charge is 0.269 e. The standard InChI is InChI=1S/C15H13ClN2O3/c1-10(11-2-6-13(16)7-3-11)17-15(19)12-4-8-14(9-5-12)18(20)21/h2-10H,1H3,(H,17,19). The van der Waals surface area contributed by atoms with E-state index in [0.717, 1.165) is 5.56 Å². The van der Waals surface area contributed by atoms with Crippen molar-refractivity contribution in [2.75, 3.05) is 0 Å². The summed E-state index contributed by atoms with van der Waals surface area (Å²) in [6.07, 6.45) is 0. The zero-order valence-electron chi connectivity index (χ0n) is 11.2. The van der Waals surface area contributed by atoms with Crippen LogP contribution in [0.25, 0.3) is 0 Å². The highest BCUT2D eigenvalue weighted by molar-refractivity contribution is 6.30. The lowest BCUT2D eigenvalue weighted by molar-refractivity contribution is -0.384. The number of nitrogens with one attached hydrogen (secondary N) is 1. The minimum Gasteiger partial charge on any atom is -0.346 e. The molecular weight excluding hydrogens is 292 g/mol. The highest BCUT2D eigenvalue weighted by atomic mass is 35.5. The first-order valence-corrected chi connectivity index (χ1v) is 6.66. The summed E-state index contributed by atoms with van der Waals surface area (Å²) in [5.74, 6) is -0.285. The van der Waals surface area contributed by atoms with Gasteiger partial charge in [0, 0.05) is 22.7 Å². The highest BCUT2D eigenvalue weighted by Gasteiger charge is 2.13. The Balaban J connectivity index is 2.06. The molecule has 0 aliphatic heterocycles. The van der Waals surface area contributed by atoms with E-state index in [-0.39, 0.29) is 17.6 Å². The molecule has 5 nitrogen and oxygen atoms in total. The van der Waals surface area contributed by atoms with Gasteiger partial charge in [0.05, 0.1) is 11.0 Å². The molecule has 21 heavy (non-hydrogen) atoms. The molecule has 0 aliphatic rings. The third-order valence-corrected chi connectivity index (χ3v) is 3.31. The van der Waals surface area contributed by atoms with E-state index in [1.165, 1.54) is 24.3 Å². The number of nitro groups is 1. The lowest BCUT2D eigenvalue weighted by Gasteiger charge is -2.14. The monoisotopic (exact) mass is 304 g/mol. The van der Waals surface area contributed by atoms with Gasteiger partial charge in [0.2, 0.25) is 0 Å². The average Bonchev–Trinajstić information content (AvgIpc) is 2.47. The number of non-ortho nitro benzene ring substituents is 1. The lowest BCUT2D eigenvalue weighted by atomic mass is 10.1. The first-order chi connectivity index (χ1) is 9.97. The molecule has 1 N–H and O–H groups in total. The van der Waals surface area contributed by atoms with Gasteiger partial charge in [0.25, 0.3) is 11.6 Å². The van der Waals surface area contributed by atoms with Gasteiger partial charge in [-0.2, -0.15) is 0 Å². The molecule has 1 atom stereocenters. The molecule has 108 valence electrons. The number of rotatable bonds is 4. The molecule has 0 saturated carbocycles. The van der Waals surface area contributed by atoms with Crippen LogP contribution in [0.4, 0.5) is 5.69 Å². The van der Waals surface area contributed by atoms with Crippen LogP contribution in [-0.2, 0) is 0 Å². The van der Waals surface area contributed by atoms with E-state index in [2.05, 4.69) is 5.32 Å². The van der Waals surface area contributed by atoms with Crippen molar-refractivity contribution in [2.24, 2.45) is 0 Å². The number of benzene rings is 2. The molecule has 0 saturated heterocycles. The van der Waals surface area contributed by atoms with Gasteiger partial charge in [-0.25, -0.2) is 0 Å². The quantitative estimate of drug-likeness (QED) is 0.691. The Labute approximate surface area is 126 Å². The van der Waals surface area contributed by atoms with Gasteiger partial charge in [0.1, 0.15) is 0 Å². The fourth-order valence-electron chi connectivity index (χ4n) is 1.85. The first kappa shape index (κ1) is 15.0. The zero-order chi connectivity index (χ0) is 15.4. The van der Waals surface area contributed by atoms with E-state index in [4.69, 9.17) is 11.6 Å². The van der Waals surface area contributed by atoms with Crippen LogP contribution in [0.5, 0.6) is 0 Å². The molecule has 2 rings (SSSR count). The van der Waals surface area contributed by atoms with E-state index in [0.29, 0.717) is 10.6 Å². The van der Waals surface area contributed by atoms with Gasteiger partial charge in [-0.15, -0.1) is 0 Å². The van der Waals surface area contributed by atoms with Crippen LogP contribution in [0, 0.1) is 10.1 Å². The summed E-state index contributed by atoms with van der Waals surface area (Å²) in [6.45, 7) is 1.85. The molecule has 1 amide bonds. The maximum absolute atomic E-state index is 12.1. The van der Waals surface area contributed by atoms with Crippen LogP contribution >= 0.6 is 11.6 Å². The van der Waals surface area contributed by atoms with Crippen LogP contribution < -0.4 is 5.32 Å². The molecule has 0 radical (unpaired) electrons. The van der Waals surface area contributed by atoms with Crippen molar-refractivity contribution in [2.45, 2.75) is 13.0 Å². The second-order valence-electron chi connectivity index (χ2n) is 4.55. The molecular formula is C15H13ClN2O3. The normalized spacial score (nSPS) is 11.7. The van der Waals surface area contributed by atoms with E-state index in [9.17, 15) is 14.9 Å². The summed E-state index contributed by atoms with van der Waals surface area (Å²) in [7, 11) is 0. The van der Waals surface area contributed by atoms with Crippen molar-refractivity contribution in [3.8, 4) is 0 Å². The molecule has 0 aromatic heterocycles. The Morgan fingerprint density at radius 1 is 1.14 bits per heavy atom. The molecule has 0 bridgehead atoms. The third kappa shape index (κ3) is 3.79. The number of carbonyl (C=O) groups is 1. The molecule has 2 aromatic rings. The van der Waals surface area contributed by atoms with Gasteiger partial charge >= 0.3 is 0 Å². The van der Waals surface area contributed by atoms with Crippen LogP contribution in [0.2, 0.25) is 5.02 Å². The second-order valence-corrected chi connectivity index (χ2v) is 4.99. The maximum Gasteiger partial charge on any atom is 0.269 e. The Bertz CT molecular complexity index is 654. The minimum atomic E-state index is -0.502. The first-order valence-electron chi connectivity index (χ1n) is 6.28. The minimum absolute atomic E-state index is 0.0442. The van der Waals surface area contributed by atoms with Gasteiger partial charge < -0.3 is 5.32 Å². The highest BCUT2D eigenvalue weighted by Crippen LogP contribution is 2.17. The van der Waals surface area contributed by atoms with E-state index in [1.807, 2.05) is 19.1 Å². The Kier molecular flexibility index (Phi) is 4.55. The molecule has 0 spiro atoms. The van der Waals surface area contributed by atoms with Crippen molar-refractivity contribution in [3.05, 3.63) is 74.8 Å². The van der Waals surface area contributed by atoms with Crippen LogP contribution in [-0.4, -0.2) is 10.8 Å². The van der Waals surface area contributed by atoms with Crippen molar-refractivity contribution in [3.63, 3.8) is 0 Å². The Morgan fingerprint density at radius 2 is 1.71 bits per heavy atom.